The molecule has 1 aromatic rings. The molecule has 0 bridgehead atoms. The average molecular weight is 307 g/mol. The third kappa shape index (κ3) is 2.87. The monoisotopic (exact) mass is 307 g/mol. The van der Waals surface area contributed by atoms with E-state index < -0.39 is 0 Å². The third-order valence-corrected chi connectivity index (χ3v) is 5.53. The van der Waals surface area contributed by atoms with Crippen molar-refractivity contribution in [1.29, 1.82) is 0 Å². The number of nitrogens with one attached hydrogen (secondary N) is 1. The van der Waals surface area contributed by atoms with E-state index in [0.29, 0.717) is 6.04 Å². The van der Waals surface area contributed by atoms with Gasteiger partial charge in [0.1, 0.15) is 6.17 Å². The van der Waals surface area contributed by atoms with Gasteiger partial charge in [-0.15, -0.1) is 0 Å². The van der Waals surface area contributed by atoms with Crippen LogP contribution < -0.4 is 5.32 Å². The van der Waals surface area contributed by atoms with Crippen LogP contribution in [0.2, 0.25) is 0 Å². The molecule has 3 unspecified atom stereocenters. The van der Waals surface area contributed by atoms with Gasteiger partial charge in [-0.2, -0.15) is 11.3 Å². The third-order valence-electron chi connectivity index (χ3n) is 4.83. The predicted molar refractivity (Wildman–Crippen MR) is 86.3 cm³/mol. The van der Waals surface area contributed by atoms with Gasteiger partial charge in [-0.3, -0.25) is 15.0 Å². The van der Waals surface area contributed by atoms with Crippen molar-refractivity contribution in [2.75, 3.05) is 19.6 Å². The molecule has 2 fully saturated rings. The molecule has 0 aromatic carbocycles. The van der Waals surface area contributed by atoms with Crippen LogP contribution in [-0.2, 0) is 4.79 Å². The Bertz CT molecular complexity index is 476. The largest absolute Gasteiger partial charge is 0.320 e. The first-order valence-corrected chi connectivity index (χ1v) is 9.01. The second-order valence-electron chi connectivity index (χ2n) is 6.00. The molecule has 0 aliphatic carbocycles. The van der Waals surface area contributed by atoms with Crippen LogP contribution in [0.1, 0.15) is 44.8 Å². The molecular formula is C16H25N3OS. The maximum absolute atomic E-state index is 12.7. The van der Waals surface area contributed by atoms with Crippen molar-refractivity contribution in [3.63, 3.8) is 0 Å². The van der Waals surface area contributed by atoms with Gasteiger partial charge in [-0.05, 0) is 54.7 Å². The Hall–Kier alpha value is -0.910. The van der Waals surface area contributed by atoms with Gasteiger partial charge in [0.15, 0.2) is 0 Å². The summed E-state index contributed by atoms with van der Waals surface area (Å²) in [6, 6.07) is 2.64. The van der Waals surface area contributed by atoms with E-state index in [1.165, 1.54) is 24.9 Å². The van der Waals surface area contributed by atoms with Crippen molar-refractivity contribution >= 4 is 17.2 Å². The van der Waals surface area contributed by atoms with Crippen molar-refractivity contribution < 1.29 is 4.79 Å². The minimum Gasteiger partial charge on any atom is -0.320 e. The lowest BCUT2D eigenvalue weighted by Crippen LogP contribution is -2.42. The highest BCUT2D eigenvalue weighted by molar-refractivity contribution is 7.07. The number of rotatable bonds is 5. The highest BCUT2D eigenvalue weighted by atomic mass is 32.1. The van der Waals surface area contributed by atoms with Gasteiger partial charge in [0.2, 0.25) is 5.91 Å². The van der Waals surface area contributed by atoms with Crippen molar-refractivity contribution in [3.8, 4) is 0 Å². The van der Waals surface area contributed by atoms with Crippen LogP contribution in [0.5, 0.6) is 0 Å². The minimum atomic E-state index is -0.0219. The van der Waals surface area contributed by atoms with Crippen molar-refractivity contribution in [1.82, 2.24) is 15.1 Å². The smallest absolute Gasteiger partial charge is 0.241 e. The molecule has 2 saturated heterocycles. The summed E-state index contributed by atoms with van der Waals surface area (Å²) in [5.41, 5.74) is 1.23. The Morgan fingerprint density at radius 3 is 2.95 bits per heavy atom. The topological polar surface area (TPSA) is 35.6 Å². The maximum atomic E-state index is 12.7. The summed E-state index contributed by atoms with van der Waals surface area (Å²) in [4.78, 5) is 17.3. The summed E-state index contributed by atoms with van der Waals surface area (Å²) < 4.78 is 0. The molecular weight excluding hydrogens is 282 g/mol. The average Bonchev–Trinajstić information content (AvgIpc) is 3.21. The first-order valence-electron chi connectivity index (χ1n) is 8.07. The lowest BCUT2D eigenvalue weighted by Gasteiger charge is -2.31. The van der Waals surface area contributed by atoms with E-state index in [9.17, 15) is 4.79 Å². The molecule has 1 N–H and O–H groups in total. The number of thiophene rings is 1. The molecule has 21 heavy (non-hydrogen) atoms. The standard InChI is InChI=1S/C16H25N3OS/c1-3-14-16(20)19(10-13-6-5-8-18(13)4-2)15(17-14)12-7-9-21-11-12/h7,9,11,13-15,17H,3-6,8,10H2,1-2H3. The van der Waals surface area contributed by atoms with Crippen molar-refractivity contribution in [2.24, 2.45) is 0 Å². The summed E-state index contributed by atoms with van der Waals surface area (Å²) in [5, 5.41) is 7.76. The predicted octanol–water partition coefficient (Wildman–Crippen LogP) is 2.44. The van der Waals surface area contributed by atoms with Gasteiger partial charge >= 0.3 is 0 Å². The molecule has 4 nitrogen and oxygen atoms in total. The van der Waals surface area contributed by atoms with Crippen LogP contribution in [-0.4, -0.2) is 47.4 Å². The second kappa shape index (κ2) is 6.46. The zero-order chi connectivity index (χ0) is 14.8. The summed E-state index contributed by atoms with van der Waals surface area (Å²) in [6.45, 7) is 7.42. The number of hydrogen-bond acceptors (Lipinski definition) is 4. The molecule has 0 saturated carbocycles. The molecule has 3 atom stereocenters. The molecule has 1 amide bonds. The van der Waals surface area contributed by atoms with Crippen LogP contribution in [0.4, 0.5) is 0 Å². The highest BCUT2D eigenvalue weighted by Crippen LogP contribution is 2.30. The van der Waals surface area contributed by atoms with Gasteiger partial charge in [0.25, 0.3) is 0 Å². The number of likely N-dealkylation sites (N-methyl/N-ethyl adjacent to an activating group) is 1. The Balaban J connectivity index is 1.77. The number of carbonyl (C=O) groups is 1. The lowest BCUT2D eigenvalue weighted by molar-refractivity contribution is -0.130. The Kier molecular flexibility index (Phi) is 4.62. The highest BCUT2D eigenvalue weighted by Gasteiger charge is 2.40. The van der Waals surface area contributed by atoms with E-state index in [2.05, 4.69) is 45.8 Å². The van der Waals surface area contributed by atoms with Crippen molar-refractivity contribution in [2.45, 2.75) is 51.4 Å². The lowest BCUT2D eigenvalue weighted by atomic mass is 10.1. The first kappa shape index (κ1) is 15.0. The van der Waals surface area contributed by atoms with Gasteiger partial charge in [-0.1, -0.05) is 13.8 Å². The summed E-state index contributed by atoms with van der Waals surface area (Å²) in [5.74, 6) is 0.275. The minimum absolute atomic E-state index is 0.0219. The fraction of sp³-hybridized carbons (Fsp3) is 0.688. The number of hydrogen-bond donors (Lipinski definition) is 1. The molecule has 2 aliphatic rings. The van der Waals surface area contributed by atoms with Gasteiger partial charge in [-0.25, -0.2) is 0 Å². The molecule has 1 aromatic heterocycles. The van der Waals surface area contributed by atoms with E-state index in [-0.39, 0.29) is 18.1 Å². The van der Waals surface area contributed by atoms with Crippen LogP contribution >= 0.6 is 11.3 Å². The molecule has 0 spiro atoms. The molecule has 3 heterocycles. The first-order chi connectivity index (χ1) is 10.2. The summed E-state index contributed by atoms with van der Waals surface area (Å²) in [6.07, 6.45) is 3.39. The van der Waals surface area contributed by atoms with E-state index in [4.69, 9.17) is 0 Å². The number of carbonyl (C=O) groups excluding carboxylic acids is 1. The van der Waals surface area contributed by atoms with Crippen LogP contribution in [0.25, 0.3) is 0 Å². The molecule has 116 valence electrons. The molecule has 3 rings (SSSR count). The SMILES string of the molecule is CCC1NC(c2ccsc2)N(CC2CCCN2CC)C1=O. The molecule has 2 aliphatic heterocycles. The summed E-state index contributed by atoms with van der Waals surface area (Å²) in [7, 11) is 0. The van der Waals surface area contributed by atoms with Gasteiger partial charge in [0, 0.05) is 12.6 Å². The zero-order valence-electron chi connectivity index (χ0n) is 12.9. The maximum Gasteiger partial charge on any atom is 0.241 e. The van der Waals surface area contributed by atoms with E-state index >= 15 is 0 Å². The Labute approximate surface area is 131 Å². The number of amides is 1. The number of nitrogens with zero attached hydrogens (tertiary/aromatic N) is 2. The fourth-order valence-electron chi connectivity index (χ4n) is 3.62. The zero-order valence-corrected chi connectivity index (χ0v) is 13.7. The fourth-order valence-corrected chi connectivity index (χ4v) is 4.30. The van der Waals surface area contributed by atoms with Crippen LogP contribution in [0.3, 0.4) is 0 Å². The van der Waals surface area contributed by atoms with E-state index in [1.54, 1.807) is 11.3 Å². The number of likely N-dealkylation sites (tertiary alicyclic amines) is 1. The van der Waals surface area contributed by atoms with E-state index in [0.717, 1.165) is 19.5 Å². The molecule has 0 radical (unpaired) electrons. The van der Waals surface area contributed by atoms with Crippen LogP contribution in [0, 0.1) is 0 Å². The van der Waals surface area contributed by atoms with Crippen LogP contribution in [0.15, 0.2) is 16.8 Å². The molecule has 5 heteroatoms. The normalized spacial score (nSPS) is 30.5. The Morgan fingerprint density at radius 2 is 2.29 bits per heavy atom. The van der Waals surface area contributed by atoms with Crippen molar-refractivity contribution in [3.05, 3.63) is 22.4 Å². The van der Waals surface area contributed by atoms with E-state index in [1.807, 2.05) is 0 Å². The second-order valence-corrected chi connectivity index (χ2v) is 6.78. The Morgan fingerprint density at radius 1 is 1.43 bits per heavy atom. The quantitative estimate of drug-likeness (QED) is 0.907. The van der Waals surface area contributed by atoms with Gasteiger partial charge in [0.05, 0.1) is 6.04 Å². The van der Waals surface area contributed by atoms with Gasteiger partial charge < -0.3 is 4.90 Å². The summed E-state index contributed by atoms with van der Waals surface area (Å²) >= 11 is 1.70.